The Bertz CT molecular complexity index is 3660. The number of anilines is 2. The number of benzene rings is 2. The number of hydrogen-bond donors (Lipinski definition) is 5. The quantitative estimate of drug-likeness (QED) is 0.0246. The fourth-order valence-corrected chi connectivity index (χ4v) is 13.0. The third-order valence-electron chi connectivity index (χ3n) is 16.6. The molecule has 84 heavy (non-hydrogen) atoms. The van der Waals surface area contributed by atoms with Crippen LogP contribution >= 0.6 is 0 Å². The van der Waals surface area contributed by atoms with Gasteiger partial charge in [-0.15, -0.1) is 0 Å². The topological polar surface area (TPSA) is 250 Å². The largest absolute Gasteiger partial charge is 0.384 e. The van der Waals surface area contributed by atoms with Crippen LogP contribution in [-0.4, -0.2) is 117 Å². The summed E-state index contributed by atoms with van der Waals surface area (Å²) < 4.78 is 16.2. The lowest BCUT2D eigenvalue weighted by atomic mass is 9.75. The van der Waals surface area contributed by atoms with Crippen LogP contribution in [0.25, 0.3) is 56.1 Å². The molecule has 2 spiro atoms. The monoisotopic (exact) mass is 1170 g/mol. The Balaban J connectivity index is 0.000000188. The van der Waals surface area contributed by atoms with Crippen LogP contribution in [0.2, 0.25) is 51.4 Å². The number of nitrogens with two attached hydrogens (primary N) is 1. The molecule has 4 aliphatic rings. The Morgan fingerprint density at radius 1 is 0.560 bits per heavy atom. The van der Waals surface area contributed by atoms with Gasteiger partial charge in [-0.05, 0) is 75.6 Å². The zero-order chi connectivity index (χ0) is 58.8. The van der Waals surface area contributed by atoms with Crippen LogP contribution in [0.15, 0.2) is 122 Å². The maximum atomic E-state index is 12.7. The van der Waals surface area contributed by atoms with Gasteiger partial charge in [0.25, 0.3) is 11.8 Å². The van der Waals surface area contributed by atoms with Crippen molar-refractivity contribution in [2.24, 2.45) is 0 Å². The molecule has 436 valence electrons. The van der Waals surface area contributed by atoms with E-state index in [-0.39, 0.29) is 23.7 Å². The Kier molecular flexibility index (Phi) is 16.3. The van der Waals surface area contributed by atoms with Crippen molar-refractivity contribution in [3.8, 4) is 44.8 Å². The maximum Gasteiger partial charge on any atom is 0.322 e. The molecule has 6 amide bonds. The van der Waals surface area contributed by atoms with Crippen LogP contribution in [0.3, 0.4) is 0 Å². The smallest absolute Gasteiger partial charge is 0.322 e. The summed E-state index contributed by atoms with van der Waals surface area (Å²) in [5, 5.41) is 19.8. The molecule has 2 saturated heterocycles. The zero-order valence-corrected chi connectivity index (χ0v) is 50.7. The molecular formula is C62H74N14O6Si2. The Hall–Kier alpha value is -8.19. The first-order valence-electron chi connectivity index (χ1n) is 29.1. The van der Waals surface area contributed by atoms with Crippen molar-refractivity contribution in [3.05, 3.63) is 133 Å². The number of rotatable bonds is 17. The molecular weight excluding hydrogens is 1090 g/mol. The van der Waals surface area contributed by atoms with Gasteiger partial charge in [0, 0.05) is 110 Å². The number of nitrogens with one attached hydrogen (secondary N) is 4. The van der Waals surface area contributed by atoms with E-state index in [1.807, 2.05) is 95.9 Å². The number of pyridine rings is 2. The molecule has 2 saturated carbocycles. The van der Waals surface area contributed by atoms with Gasteiger partial charge < -0.3 is 30.7 Å². The Morgan fingerprint density at radius 3 is 1.39 bits per heavy atom. The van der Waals surface area contributed by atoms with E-state index in [0.717, 1.165) is 92.6 Å². The molecule has 2 aliphatic carbocycles. The lowest BCUT2D eigenvalue weighted by Crippen LogP contribution is -2.49. The number of aromatic nitrogens is 8. The second kappa shape index (κ2) is 23.8. The highest BCUT2D eigenvalue weighted by molar-refractivity contribution is 6.76. The van der Waals surface area contributed by atoms with Crippen molar-refractivity contribution in [2.75, 3.05) is 37.3 Å². The number of hydrogen-bond acceptors (Lipinski definition) is 14. The van der Waals surface area contributed by atoms with Crippen molar-refractivity contribution in [1.29, 1.82) is 0 Å². The SMILES string of the molecule is C[Si](C)(C)CCOCN(COCC[Si](C)(C)C)c1cc(C2CCC3(CC2)NC(=O)NC3=O)nc2c(-c3ccc(-c4ccccc4)nc3)cnn12.Nc1cc(C2CCC3(CC2)NC(=O)NC3=O)nc2c(-c3ccc(-c4ccccc4)nc3)cnn12. The van der Waals surface area contributed by atoms with E-state index in [2.05, 4.69) is 99.8 Å². The minimum atomic E-state index is -1.28. The average Bonchev–Trinajstić information content (AvgIpc) is 2.76. The lowest BCUT2D eigenvalue weighted by molar-refractivity contribution is -0.125. The first-order valence-corrected chi connectivity index (χ1v) is 36.5. The van der Waals surface area contributed by atoms with E-state index in [4.69, 9.17) is 35.3 Å². The molecule has 12 rings (SSSR count). The summed E-state index contributed by atoms with van der Waals surface area (Å²) >= 11 is 0. The van der Waals surface area contributed by atoms with Gasteiger partial charge in [0.15, 0.2) is 11.3 Å². The molecule has 6 N–H and O–H groups in total. The van der Waals surface area contributed by atoms with Crippen LogP contribution in [0, 0.1) is 0 Å². The van der Waals surface area contributed by atoms with Crippen molar-refractivity contribution in [3.63, 3.8) is 0 Å². The summed E-state index contributed by atoms with van der Waals surface area (Å²) in [6, 6.07) is 33.5. The predicted octanol–water partition coefficient (Wildman–Crippen LogP) is 10.4. The number of ether oxygens (including phenoxy) is 2. The van der Waals surface area contributed by atoms with Crippen LogP contribution in [0.4, 0.5) is 21.2 Å². The Labute approximate surface area is 490 Å². The molecule has 6 aromatic heterocycles. The fraction of sp³-hybridized carbons (Fsp3) is 0.387. The highest BCUT2D eigenvalue weighted by atomic mass is 28.3. The second-order valence-corrected chi connectivity index (χ2v) is 36.3. The third-order valence-corrected chi connectivity index (χ3v) is 20.0. The highest BCUT2D eigenvalue weighted by Gasteiger charge is 2.50. The number of fused-ring (bicyclic) bond motifs is 2. The summed E-state index contributed by atoms with van der Waals surface area (Å²) in [7, 11) is -2.55. The number of imide groups is 2. The number of carbonyl (C=O) groups excluding carboxylic acids is 4. The second-order valence-electron chi connectivity index (χ2n) is 25.1. The van der Waals surface area contributed by atoms with Gasteiger partial charge in [0.2, 0.25) is 0 Å². The van der Waals surface area contributed by atoms with E-state index in [1.165, 1.54) is 0 Å². The van der Waals surface area contributed by atoms with Crippen molar-refractivity contribution >= 4 is 63.0 Å². The zero-order valence-electron chi connectivity index (χ0n) is 48.7. The van der Waals surface area contributed by atoms with Crippen molar-refractivity contribution in [2.45, 2.75) is 126 Å². The minimum Gasteiger partial charge on any atom is -0.384 e. The van der Waals surface area contributed by atoms with Crippen molar-refractivity contribution < 1.29 is 28.7 Å². The normalized spacial score (nSPS) is 20.6. The summed E-state index contributed by atoms with van der Waals surface area (Å²) in [6.07, 6.45) is 12.5. The van der Waals surface area contributed by atoms with Gasteiger partial charge >= 0.3 is 12.1 Å². The van der Waals surface area contributed by atoms with Crippen LogP contribution < -0.4 is 31.9 Å². The molecule has 0 unspecified atom stereocenters. The average molecular weight is 1170 g/mol. The number of nitrogen functional groups attached to an aromatic ring is 1. The molecule has 0 radical (unpaired) electrons. The first kappa shape index (κ1) is 57.6. The Morgan fingerprint density at radius 2 is 0.988 bits per heavy atom. The molecule has 8 heterocycles. The fourth-order valence-electron chi connectivity index (χ4n) is 11.5. The van der Waals surface area contributed by atoms with Crippen LogP contribution in [-0.2, 0) is 19.1 Å². The minimum absolute atomic E-state index is 0.0958. The molecule has 0 bridgehead atoms. The van der Waals surface area contributed by atoms with E-state index in [1.54, 1.807) is 10.7 Å². The van der Waals surface area contributed by atoms with E-state index < -0.39 is 39.3 Å². The number of amides is 6. The van der Waals surface area contributed by atoms with Gasteiger partial charge in [0.05, 0.1) is 23.8 Å². The summed E-state index contributed by atoms with van der Waals surface area (Å²) in [5.74, 6) is 1.13. The molecule has 8 aromatic rings. The number of nitrogens with zero attached hydrogens (tertiary/aromatic N) is 9. The summed E-state index contributed by atoms with van der Waals surface area (Å²) in [4.78, 5) is 70.4. The molecule has 2 aliphatic heterocycles. The maximum absolute atomic E-state index is 12.7. The van der Waals surface area contributed by atoms with Crippen LogP contribution in [0.1, 0.15) is 74.6 Å². The molecule has 2 aromatic carbocycles. The van der Waals surface area contributed by atoms with Gasteiger partial charge in [-0.2, -0.15) is 19.2 Å². The molecule has 22 heteroatoms. The predicted molar refractivity (Wildman–Crippen MR) is 329 cm³/mol. The first-order chi connectivity index (χ1) is 40.3. The summed E-state index contributed by atoms with van der Waals surface area (Å²) in [6.45, 7) is 16.2. The number of carbonyl (C=O) groups is 4. The molecule has 4 fully saturated rings. The lowest BCUT2D eigenvalue weighted by Gasteiger charge is -2.34. The van der Waals surface area contributed by atoms with Gasteiger partial charge in [-0.25, -0.2) is 19.6 Å². The van der Waals surface area contributed by atoms with Gasteiger partial charge in [-0.1, -0.05) is 112 Å². The van der Waals surface area contributed by atoms with E-state index >= 15 is 0 Å². The van der Waals surface area contributed by atoms with Crippen molar-refractivity contribution in [1.82, 2.24) is 60.4 Å². The van der Waals surface area contributed by atoms with E-state index in [0.29, 0.717) is 76.7 Å². The standard InChI is InChI=1S/C37H51N7O4Si2.C25H23N7O2/c1-49(2,3)20-18-47-25-43(26-48-19-21-50(4,5)6)33-22-32(28-14-16-37(17-15-28)35(45)41-36(46)42-37)40-34-30(24-39-44(33)34)29-12-13-31(38-23-29)27-10-8-7-9-11-27;26-21-12-20(16-8-10-25(11-9-16)23(33)30-24(34)31-25)29-22-18(14-28-32(21)22)17-6-7-19(27-13-17)15-4-2-1-3-5-15/h7-13,22-24,28H,14-21,25-26H2,1-6H3,(H2,41,42,45,46);1-7,12-14,16H,8-11,26H2,(H2,30,31,33,34). The molecule has 0 atom stereocenters. The van der Waals surface area contributed by atoms with E-state index in [9.17, 15) is 19.2 Å². The number of urea groups is 2. The third kappa shape index (κ3) is 12.7. The molecule has 20 nitrogen and oxygen atoms in total. The van der Waals surface area contributed by atoms with Gasteiger partial charge in [-0.3, -0.25) is 30.2 Å². The highest BCUT2D eigenvalue weighted by Crippen LogP contribution is 2.42. The summed E-state index contributed by atoms with van der Waals surface area (Å²) in [5.41, 5.74) is 15.4. The van der Waals surface area contributed by atoms with Gasteiger partial charge in [0.1, 0.15) is 36.2 Å². The van der Waals surface area contributed by atoms with Crippen LogP contribution in [0.5, 0.6) is 0 Å².